The molecule has 2 N–H and O–H groups in total. The standard InChI is InChI=1S/C7H6O2.C3H4O4/c8-7(9)6-4-2-1-3-5-6;1-7-3(6)2(4)5/h1-5H,(H,8,9);1H3,(H,4,5). The van der Waals surface area contributed by atoms with Crippen LogP contribution < -0.4 is 0 Å². The molecule has 86 valence electrons. The summed E-state index contributed by atoms with van der Waals surface area (Å²) in [6.45, 7) is 0. The van der Waals surface area contributed by atoms with Crippen molar-refractivity contribution >= 4 is 17.9 Å². The van der Waals surface area contributed by atoms with Crippen molar-refractivity contribution in [3.63, 3.8) is 0 Å². The van der Waals surface area contributed by atoms with E-state index in [1.165, 1.54) is 0 Å². The lowest BCUT2D eigenvalue weighted by atomic mass is 10.2. The Hall–Kier alpha value is -2.37. The van der Waals surface area contributed by atoms with Gasteiger partial charge in [0, 0.05) is 0 Å². The highest BCUT2D eigenvalue weighted by molar-refractivity contribution is 6.28. The number of benzene rings is 1. The van der Waals surface area contributed by atoms with Crippen LogP contribution in [0.4, 0.5) is 0 Å². The van der Waals surface area contributed by atoms with Gasteiger partial charge in [0.25, 0.3) is 0 Å². The van der Waals surface area contributed by atoms with Gasteiger partial charge in [0.15, 0.2) is 0 Å². The van der Waals surface area contributed by atoms with Gasteiger partial charge in [-0.1, -0.05) is 18.2 Å². The lowest BCUT2D eigenvalue weighted by molar-refractivity contribution is -0.161. The molecular weight excluding hydrogens is 216 g/mol. The fourth-order valence-electron chi connectivity index (χ4n) is 0.668. The van der Waals surface area contributed by atoms with Gasteiger partial charge < -0.3 is 14.9 Å². The Morgan fingerprint density at radius 2 is 1.56 bits per heavy atom. The van der Waals surface area contributed by atoms with E-state index in [4.69, 9.17) is 10.2 Å². The summed E-state index contributed by atoms with van der Waals surface area (Å²) < 4.78 is 3.77. The molecular formula is C10H10O6. The van der Waals surface area contributed by atoms with Crippen LogP contribution >= 0.6 is 0 Å². The second kappa shape index (κ2) is 6.99. The molecule has 0 heterocycles. The normalized spacial score (nSPS) is 8.31. The van der Waals surface area contributed by atoms with Gasteiger partial charge in [-0.15, -0.1) is 0 Å². The van der Waals surface area contributed by atoms with E-state index in [2.05, 4.69) is 4.74 Å². The molecule has 0 saturated carbocycles. The van der Waals surface area contributed by atoms with Gasteiger partial charge in [0.1, 0.15) is 0 Å². The highest BCUT2D eigenvalue weighted by Gasteiger charge is 2.08. The maximum atomic E-state index is 10.2. The molecule has 0 atom stereocenters. The minimum atomic E-state index is -1.57. The first-order valence-electron chi connectivity index (χ1n) is 4.08. The molecule has 6 nitrogen and oxygen atoms in total. The first kappa shape index (κ1) is 13.6. The van der Waals surface area contributed by atoms with E-state index < -0.39 is 17.9 Å². The first-order valence-corrected chi connectivity index (χ1v) is 4.08. The molecule has 0 unspecified atom stereocenters. The summed E-state index contributed by atoms with van der Waals surface area (Å²) in [5.74, 6) is -3.68. The number of carboxylic acids is 2. The zero-order valence-electron chi connectivity index (χ0n) is 8.41. The van der Waals surface area contributed by atoms with Crippen LogP contribution in [0, 0.1) is 0 Å². The molecule has 1 aromatic rings. The largest absolute Gasteiger partial charge is 0.478 e. The number of carbonyl (C=O) groups excluding carboxylic acids is 1. The topological polar surface area (TPSA) is 101 Å². The minimum absolute atomic E-state index is 0.331. The predicted molar refractivity (Wildman–Crippen MR) is 53.1 cm³/mol. The summed E-state index contributed by atoms with van der Waals surface area (Å²) in [6.07, 6.45) is 0. The van der Waals surface area contributed by atoms with Crippen LogP contribution in [0.15, 0.2) is 30.3 Å². The van der Waals surface area contributed by atoms with Gasteiger partial charge in [0.2, 0.25) is 0 Å². The van der Waals surface area contributed by atoms with E-state index in [1.54, 1.807) is 30.3 Å². The molecule has 0 aliphatic carbocycles. The third-order valence-corrected chi connectivity index (χ3v) is 1.38. The molecule has 0 aliphatic rings. The summed E-state index contributed by atoms with van der Waals surface area (Å²) in [4.78, 5) is 29.3. The summed E-state index contributed by atoms with van der Waals surface area (Å²) in [6, 6.07) is 8.30. The highest BCUT2D eigenvalue weighted by Crippen LogP contribution is 1.96. The molecule has 16 heavy (non-hydrogen) atoms. The van der Waals surface area contributed by atoms with E-state index >= 15 is 0 Å². The molecule has 1 aromatic carbocycles. The van der Waals surface area contributed by atoms with Crippen LogP contribution in [0.1, 0.15) is 10.4 Å². The molecule has 0 amide bonds. The molecule has 0 radical (unpaired) electrons. The van der Waals surface area contributed by atoms with Crippen molar-refractivity contribution in [1.82, 2.24) is 0 Å². The number of carbonyl (C=O) groups is 3. The van der Waals surface area contributed by atoms with Crippen LogP contribution in [-0.2, 0) is 14.3 Å². The zero-order chi connectivity index (χ0) is 12.6. The van der Waals surface area contributed by atoms with Gasteiger partial charge in [-0.25, -0.2) is 14.4 Å². The third kappa shape index (κ3) is 5.38. The smallest absolute Gasteiger partial charge is 0.417 e. The quantitative estimate of drug-likeness (QED) is 0.538. The lowest BCUT2D eigenvalue weighted by Crippen LogP contribution is -2.13. The van der Waals surface area contributed by atoms with Crippen molar-refractivity contribution in [2.45, 2.75) is 0 Å². The van der Waals surface area contributed by atoms with E-state index in [1.807, 2.05) is 0 Å². The van der Waals surface area contributed by atoms with Crippen molar-refractivity contribution < 1.29 is 29.3 Å². The molecule has 6 heteroatoms. The number of hydrogen-bond acceptors (Lipinski definition) is 4. The summed E-state index contributed by atoms with van der Waals surface area (Å²) >= 11 is 0. The van der Waals surface area contributed by atoms with Crippen LogP contribution in [0.2, 0.25) is 0 Å². The average molecular weight is 226 g/mol. The molecule has 0 aromatic heterocycles. The number of esters is 1. The third-order valence-electron chi connectivity index (χ3n) is 1.38. The van der Waals surface area contributed by atoms with Crippen LogP contribution in [0.3, 0.4) is 0 Å². The maximum Gasteiger partial charge on any atom is 0.417 e. The lowest BCUT2D eigenvalue weighted by Gasteiger charge is -1.88. The van der Waals surface area contributed by atoms with E-state index in [0.717, 1.165) is 7.11 Å². The first-order chi connectivity index (χ1) is 7.49. The Kier molecular flexibility index (Phi) is 5.96. The van der Waals surface area contributed by atoms with Crippen LogP contribution in [-0.4, -0.2) is 35.2 Å². The molecule has 0 aliphatic heterocycles. The minimum Gasteiger partial charge on any atom is -0.478 e. The number of rotatable bonds is 1. The van der Waals surface area contributed by atoms with Gasteiger partial charge in [-0.2, -0.15) is 0 Å². The van der Waals surface area contributed by atoms with Gasteiger partial charge in [-0.3, -0.25) is 0 Å². The van der Waals surface area contributed by atoms with Crippen LogP contribution in [0.5, 0.6) is 0 Å². The van der Waals surface area contributed by atoms with Crippen molar-refractivity contribution in [3.05, 3.63) is 35.9 Å². The van der Waals surface area contributed by atoms with Gasteiger partial charge >= 0.3 is 17.9 Å². The number of aliphatic carboxylic acids is 1. The molecule has 0 saturated heterocycles. The Labute approximate surface area is 91.1 Å². The second-order valence-corrected chi connectivity index (χ2v) is 2.47. The maximum absolute atomic E-state index is 10.2. The van der Waals surface area contributed by atoms with Crippen molar-refractivity contribution in [2.75, 3.05) is 7.11 Å². The second-order valence-electron chi connectivity index (χ2n) is 2.47. The van der Waals surface area contributed by atoms with E-state index in [0.29, 0.717) is 5.56 Å². The predicted octanol–water partition coefficient (Wildman–Crippen LogP) is 0.629. The Balaban J connectivity index is 0.000000293. The van der Waals surface area contributed by atoms with E-state index in [-0.39, 0.29) is 0 Å². The average Bonchev–Trinajstić information content (AvgIpc) is 2.29. The fraction of sp³-hybridized carbons (Fsp3) is 0.100. The summed E-state index contributed by atoms with van der Waals surface area (Å²) in [5, 5.41) is 16.1. The molecule has 0 spiro atoms. The zero-order valence-corrected chi connectivity index (χ0v) is 8.41. The Bertz CT molecular complexity index is 370. The van der Waals surface area contributed by atoms with Crippen LogP contribution in [0.25, 0.3) is 0 Å². The molecule has 0 fully saturated rings. The fourth-order valence-corrected chi connectivity index (χ4v) is 0.668. The SMILES string of the molecule is COC(=O)C(=O)O.O=C(O)c1ccccc1. The Morgan fingerprint density at radius 1 is 1.06 bits per heavy atom. The number of ether oxygens (including phenoxy) is 1. The number of hydrogen-bond donors (Lipinski definition) is 2. The number of carboxylic acid groups (broad SMARTS) is 2. The monoisotopic (exact) mass is 226 g/mol. The van der Waals surface area contributed by atoms with E-state index in [9.17, 15) is 14.4 Å². The van der Waals surface area contributed by atoms with Crippen molar-refractivity contribution in [3.8, 4) is 0 Å². The molecule has 1 rings (SSSR count). The number of aromatic carboxylic acids is 1. The summed E-state index contributed by atoms with van der Waals surface area (Å²) in [5.41, 5.74) is 0.331. The number of methoxy groups -OCH3 is 1. The van der Waals surface area contributed by atoms with Crippen molar-refractivity contribution in [2.24, 2.45) is 0 Å². The summed E-state index contributed by atoms with van der Waals surface area (Å²) in [7, 11) is 1.01. The molecule has 0 bridgehead atoms. The Morgan fingerprint density at radius 3 is 1.75 bits per heavy atom. The van der Waals surface area contributed by atoms with Gasteiger partial charge in [-0.05, 0) is 12.1 Å². The highest BCUT2D eigenvalue weighted by atomic mass is 16.5. The van der Waals surface area contributed by atoms with Crippen molar-refractivity contribution in [1.29, 1.82) is 0 Å². The van der Waals surface area contributed by atoms with Gasteiger partial charge in [0.05, 0.1) is 12.7 Å².